The molecule has 8 aromatic rings. The fourth-order valence-electron chi connectivity index (χ4n) is 6.66. The lowest BCUT2D eigenvalue weighted by Crippen LogP contribution is -2.10. The third-order valence-electron chi connectivity index (χ3n) is 8.64. The summed E-state index contributed by atoms with van der Waals surface area (Å²) in [5.74, 6) is 0. The van der Waals surface area contributed by atoms with Gasteiger partial charge in [0.1, 0.15) is 0 Å². The van der Waals surface area contributed by atoms with Crippen LogP contribution < -0.4 is 4.90 Å². The summed E-state index contributed by atoms with van der Waals surface area (Å²) in [6.07, 6.45) is 0. The Morgan fingerprint density at radius 3 is 1.33 bits per heavy atom. The summed E-state index contributed by atoms with van der Waals surface area (Å²) in [6, 6.07) is 67.6. The Morgan fingerprint density at radius 2 is 0.733 bits per heavy atom. The topological polar surface area (TPSA) is 3.24 Å². The van der Waals surface area contributed by atoms with Crippen molar-refractivity contribution >= 4 is 38.6 Å². The van der Waals surface area contributed by atoms with E-state index in [-0.39, 0.29) is 0 Å². The van der Waals surface area contributed by atoms with Crippen molar-refractivity contribution in [3.05, 3.63) is 188 Å². The van der Waals surface area contributed by atoms with Crippen LogP contribution in [-0.2, 0) is 0 Å². The van der Waals surface area contributed by atoms with Gasteiger partial charge in [0.25, 0.3) is 0 Å². The van der Waals surface area contributed by atoms with Crippen LogP contribution in [0, 0.1) is 0 Å². The van der Waals surface area contributed by atoms with Gasteiger partial charge in [-0.1, -0.05) is 152 Å². The van der Waals surface area contributed by atoms with E-state index in [1.165, 1.54) is 54.9 Å². The van der Waals surface area contributed by atoms with Crippen molar-refractivity contribution in [2.24, 2.45) is 0 Å². The van der Waals surface area contributed by atoms with Gasteiger partial charge in [0.05, 0.1) is 5.69 Å². The zero-order chi connectivity index (χ0) is 30.0. The van der Waals surface area contributed by atoms with Gasteiger partial charge >= 0.3 is 0 Å². The fourth-order valence-corrected chi connectivity index (χ4v) is 6.66. The normalized spacial score (nSPS) is 11.1. The zero-order valence-corrected chi connectivity index (χ0v) is 24.8. The molecule has 0 aromatic heterocycles. The monoisotopic (exact) mass is 573 g/mol. The highest BCUT2D eigenvalue weighted by atomic mass is 15.1. The van der Waals surface area contributed by atoms with Gasteiger partial charge in [-0.2, -0.15) is 0 Å². The van der Waals surface area contributed by atoms with Crippen molar-refractivity contribution in [2.75, 3.05) is 4.90 Å². The van der Waals surface area contributed by atoms with Crippen LogP contribution in [0.25, 0.3) is 54.9 Å². The Hall–Kier alpha value is -5.92. The van der Waals surface area contributed by atoms with E-state index in [9.17, 15) is 0 Å². The van der Waals surface area contributed by atoms with E-state index in [1.54, 1.807) is 0 Å². The van der Waals surface area contributed by atoms with E-state index in [0.717, 1.165) is 17.1 Å². The van der Waals surface area contributed by atoms with Crippen molar-refractivity contribution < 1.29 is 0 Å². The predicted molar refractivity (Wildman–Crippen MR) is 192 cm³/mol. The first-order chi connectivity index (χ1) is 22.4. The first-order valence-corrected chi connectivity index (χ1v) is 15.5. The van der Waals surface area contributed by atoms with Crippen LogP contribution in [0.3, 0.4) is 0 Å². The number of benzene rings is 8. The number of hydrogen-bond donors (Lipinski definition) is 0. The van der Waals surface area contributed by atoms with E-state index >= 15 is 0 Å². The van der Waals surface area contributed by atoms with Crippen LogP contribution in [0.15, 0.2) is 188 Å². The summed E-state index contributed by atoms with van der Waals surface area (Å²) in [4.78, 5) is 2.35. The van der Waals surface area contributed by atoms with Crippen molar-refractivity contribution in [1.29, 1.82) is 0 Å². The molecule has 1 nitrogen and oxygen atoms in total. The molecule has 0 aliphatic carbocycles. The molecule has 0 spiro atoms. The molecule has 0 saturated heterocycles. The molecule has 0 aliphatic rings. The van der Waals surface area contributed by atoms with Gasteiger partial charge in [-0.15, -0.1) is 0 Å². The van der Waals surface area contributed by atoms with E-state index in [0.29, 0.717) is 0 Å². The lowest BCUT2D eigenvalue weighted by Gasteiger charge is -2.28. The summed E-state index contributed by atoms with van der Waals surface area (Å²) in [5.41, 5.74) is 10.7. The van der Waals surface area contributed by atoms with Gasteiger partial charge in [-0.25, -0.2) is 0 Å². The lowest BCUT2D eigenvalue weighted by atomic mass is 9.84. The van der Waals surface area contributed by atoms with Gasteiger partial charge in [-0.3, -0.25) is 0 Å². The minimum Gasteiger partial charge on any atom is -0.310 e. The molecule has 212 valence electrons. The standard InChI is InChI=1S/C44H31N/c1-5-17-32(18-6-1)43-40-27-14-13-26-38(40)39-30-29-34(31-41(39)44(43)33-19-7-2-8-20-33)37-25-15-16-28-42(37)45(35-21-9-3-10-22-35)36-23-11-4-12-24-36/h1-31H. The molecule has 0 fully saturated rings. The summed E-state index contributed by atoms with van der Waals surface area (Å²) < 4.78 is 0. The van der Waals surface area contributed by atoms with Crippen LogP contribution in [0.5, 0.6) is 0 Å². The van der Waals surface area contributed by atoms with Gasteiger partial charge in [-0.05, 0) is 85.8 Å². The molecule has 0 unspecified atom stereocenters. The molecule has 0 bridgehead atoms. The molecule has 45 heavy (non-hydrogen) atoms. The van der Waals surface area contributed by atoms with E-state index < -0.39 is 0 Å². The molecule has 8 aromatic carbocycles. The van der Waals surface area contributed by atoms with E-state index in [2.05, 4.69) is 193 Å². The summed E-state index contributed by atoms with van der Waals surface area (Å²) >= 11 is 0. The van der Waals surface area contributed by atoms with Gasteiger partial charge < -0.3 is 4.90 Å². The van der Waals surface area contributed by atoms with Crippen LogP contribution in [-0.4, -0.2) is 0 Å². The second-order valence-corrected chi connectivity index (χ2v) is 11.3. The molecule has 0 radical (unpaired) electrons. The van der Waals surface area contributed by atoms with Crippen molar-refractivity contribution in [1.82, 2.24) is 0 Å². The summed E-state index contributed by atoms with van der Waals surface area (Å²) in [6.45, 7) is 0. The SMILES string of the molecule is c1ccc(-c2c(-c3ccccc3)c3cc(-c4ccccc4N(c4ccccc4)c4ccccc4)ccc3c3ccccc23)cc1. The molecular formula is C44H31N. The van der Waals surface area contributed by atoms with Crippen LogP contribution in [0.2, 0.25) is 0 Å². The third-order valence-corrected chi connectivity index (χ3v) is 8.64. The quantitative estimate of drug-likeness (QED) is 0.179. The number of anilines is 3. The van der Waals surface area contributed by atoms with Gasteiger partial charge in [0, 0.05) is 16.9 Å². The number of rotatable bonds is 6. The maximum atomic E-state index is 2.41. The molecule has 0 atom stereocenters. The predicted octanol–water partition coefficient (Wildman–Crippen LogP) is 12.5. The average Bonchev–Trinajstić information content (AvgIpc) is 3.13. The van der Waals surface area contributed by atoms with Crippen molar-refractivity contribution in [3.63, 3.8) is 0 Å². The second kappa shape index (κ2) is 11.6. The number of hydrogen-bond acceptors (Lipinski definition) is 1. The molecular weight excluding hydrogens is 542 g/mol. The third kappa shape index (κ3) is 4.85. The van der Waals surface area contributed by atoms with Crippen LogP contribution in [0.1, 0.15) is 0 Å². The minimum absolute atomic E-state index is 1.12. The first kappa shape index (κ1) is 26.7. The first-order valence-electron chi connectivity index (χ1n) is 15.5. The van der Waals surface area contributed by atoms with E-state index in [4.69, 9.17) is 0 Å². The van der Waals surface area contributed by atoms with Gasteiger partial charge in [0.2, 0.25) is 0 Å². The Kier molecular flexibility index (Phi) is 6.90. The minimum atomic E-state index is 1.12. The maximum absolute atomic E-state index is 2.41. The second-order valence-electron chi connectivity index (χ2n) is 11.3. The number of fused-ring (bicyclic) bond motifs is 3. The van der Waals surface area contributed by atoms with Gasteiger partial charge in [0.15, 0.2) is 0 Å². The summed E-state index contributed by atoms with van der Waals surface area (Å²) in [7, 11) is 0. The maximum Gasteiger partial charge on any atom is 0.0540 e. The Labute approximate surface area is 264 Å². The molecule has 1 heteroatoms. The smallest absolute Gasteiger partial charge is 0.0540 e. The largest absolute Gasteiger partial charge is 0.310 e. The highest BCUT2D eigenvalue weighted by molar-refractivity contribution is 6.22. The zero-order valence-electron chi connectivity index (χ0n) is 24.8. The highest BCUT2D eigenvalue weighted by Crippen LogP contribution is 2.47. The van der Waals surface area contributed by atoms with Crippen molar-refractivity contribution in [3.8, 4) is 33.4 Å². The molecule has 8 rings (SSSR count). The van der Waals surface area contributed by atoms with E-state index in [1.807, 2.05) is 0 Å². The molecule has 0 saturated carbocycles. The number of nitrogens with zero attached hydrogens (tertiary/aromatic N) is 1. The lowest BCUT2D eigenvalue weighted by molar-refractivity contribution is 1.28. The fraction of sp³-hybridized carbons (Fsp3) is 0. The summed E-state index contributed by atoms with van der Waals surface area (Å²) in [5, 5.41) is 5.04. The Bertz CT molecular complexity index is 2200. The average molecular weight is 574 g/mol. The number of para-hydroxylation sites is 3. The van der Waals surface area contributed by atoms with Crippen molar-refractivity contribution in [2.45, 2.75) is 0 Å². The van der Waals surface area contributed by atoms with Crippen LogP contribution in [0.4, 0.5) is 17.1 Å². The molecule has 0 heterocycles. The Balaban J connectivity index is 1.44. The highest BCUT2D eigenvalue weighted by Gasteiger charge is 2.20. The Morgan fingerprint density at radius 1 is 0.289 bits per heavy atom. The van der Waals surface area contributed by atoms with Crippen LogP contribution >= 0.6 is 0 Å². The molecule has 0 aliphatic heterocycles. The molecule has 0 amide bonds. The molecule has 0 N–H and O–H groups in total.